The largest absolute Gasteiger partial charge is 0.151 e. The summed E-state index contributed by atoms with van der Waals surface area (Å²) in [6, 6.07) is 46.1. The number of aryl methyl sites for hydroxylation is 1. The fourth-order valence-corrected chi connectivity index (χ4v) is 19.6. The number of rotatable bonds is 6. The molecule has 0 spiro atoms. The van der Waals surface area contributed by atoms with Gasteiger partial charge in [0.2, 0.25) is 0 Å². The third kappa shape index (κ3) is 5.53. The molecular weight excluding hydrogens is 681 g/mol. The average Bonchev–Trinajstić information content (AvgIpc) is 3.68. The highest BCUT2D eigenvalue weighted by molar-refractivity contribution is 8.00. The lowest BCUT2D eigenvalue weighted by Gasteiger charge is -2.43. The first-order valence-electron chi connectivity index (χ1n) is 20.1. The molecule has 0 amide bonds. The molecule has 0 saturated heterocycles. The average molecular weight is 729 g/mol. The molecule has 4 aliphatic rings. The summed E-state index contributed by atoms with van der Waals surface area (Å²) >= 11 is 4.20. The van der Waals surface area contributed by atoms with Crippen LogP contribution < -0.4 is 15.6 Å². The molecule has 3 aliphatic carbocycles. The molecule has 52 heavy (non-hydrogen) atoms. The van der Waals surface area contributed by atoms with Crippen LogP contribution in [0.4, 0.5) is 0 Å². The maximum absolute atomic E-state index is 2.67. The van der Waals surface area contributed by atoms with Crippen molar-refractivity contribution in [2.45, 2.75) is 98.7 Å². The Balaban J connectivity index is 1.17. The minimum atomic E-state index is -2.51. The lowest BCUT2D eigenvalue weighted by molar-refractivity contribution is 0.497. The number of fused-ring (bicyclic) bond motifs is 6. The number of thiophene rings is 1. The first-order valence-corrected chi connectivity index (χ1v) is 23.8. The molecule has 3 atom stereocenters. The number of thioether (sulfide) groups is 1. The van der Waals surface area contributed by atoms with E-state index in [1.165, 1.54) is 101 Å². The molecule has 5 aromatic carbocycles. The molecule has 2 saturated carbocycles. The maximum atomic E-state index is 2.67. The number of hydrogen-bond acceptors (Lipinski definition) is 2. The van der Waals surface area contributed by atoms with Crippen molar-refractivity contribution >= 4 is 62.9 Å². The molecule has 2 fully saturated rings. The predicted molar refractivity (Wildman–Crippen MR) is 230 cm³/mol. The van der Waals surface area contributed by atoms with E-state index < -0.39 is 8.07 Å². The standard InChI is InChI=1S/C49H48S2Si/c1-4-18-36(19-5-1)52(37-20-6-2-7-21-37,39-23-13-17-35(33-39)41-27-15-29-45-43-25-10-11-31-47(43)51-49(41)45)38-22-12-16-34(32-38)40-26-14-28-44-42-24-8-3-9-30-46(42)50-48(40)44/h1,4-5,11-19,22-23,26-29,31-33,37,42,46H,2-3,6-10,20-21,24-25,30H2. The zero-order valence-electron chi connectivity index (χ0n) is 30.2. The van der Waals surface area contributed by atoms with Crippen molar-refractivity contribution in [1.82, 2.24) is 0 Å². The Morgan fingerprint density at radius 1 is 0.577 bits per heavy atom. The third-order valence-corrected chi connectivity index (χ3v) is 21.3. The monoisotopic (exact) mass is 728 g/mol. The van der Waals surface area contributed by atoms with E-state index in [1.54, 1.807) is 31.6 Å². The summed E-state index contributed by atoms with van der Waals surface area (Å²) in [4.78, 5) is 3.03. The molecule has 0 nitrogen and oxygen atoms in total. The second kappa shape index (κ2) is 14.0. The van der Waals surface area contributed by atoms with Crippen LogP contribution in [0.2, 0.25) is 5.54 Å². The molecule has 2 heterocycles. The van der Waals surface area contributed by atoms with E-state index >= 15 is 0 Å². The highest BCUT2D eigenvalue weighted by atomic mass is 32.2. The fourth-order valence-electron chi connectivity index (χ4n) is 10.7. The maximum Gasteiger partial charge on any atom is 0.151 e. The van der Waals surface area contributed by atoms with Crippen molar-refractivity contribution in [3.8, 4) is 22.3 Å². The summed E-state index contributed by atoms with van der Waals surface area (Å²) in [5, 5.41) is 6.95. The van der Waals surface area contributed by atoms with Crippen molar-refractivity contribution in [2.75, 3.05) is 0 Å². The summed E-state index contributed by atoms with van der Waals surface area (Å²) in [7, 11) is -2.51. The molecule has 10 rings (SSSR count). The minimum absolute atomic E-state index is 0.659. The summed E-state index contributed by atoms with van der Waals surface area (Å²) in [5.41, 5.74) is 9.50. The van der Waals surface area contributed by atoms with Gasteiger partial charge in [-0.25, -0.2) is 0 Å². The zero-order valence-corrected chi connectivity index (χ0v) is 32.8. The van der Waals surface area contributed by atoms with Crippen molar-refractivity contribution in [3.63, 3.8) is 0 Å². The van der Waals surface area contributed by atoms with Crippen LogP contribution in [-0.2, 0) is 6.42 Å². The summed E-state index contributed by atoms with van der Waals surface area (Å²) in [5.74, 6) is 0.725. The lowest BCUT2D eigenvalue weighted by Crippen LogP contribution is -2.70. The van der Waals surface area contributed by atoms with Gasteiger partial charge in [0, 0.05) is 19.7 Å². The number of benzene rings is 5. The smallest absolute Gasteiger partial charge is 0.135 e. The van der Waals surface area contributed by atoms with Gasteiger partial charge in [0.25, 0.3) is 0 Å². The van der Waals surface area contributed by atoms with Gasteiger partial charge in [-0.3, -0.25) is 0 Å². The lowest BCUT2D eigenvalue weighted by atomic mass is 9.90. The Kier molecular flexibility index (Phi) is 8.86. The van der Waals surface area contributed by atoms with Crippen molar-refractivity contribution in [2.24, 2.45) is 0 Å². The third-order valence-electron chi connectivity index (χ3n) is 13.1. The molecule has 3 heteroatoms. The zero-order chi connectivity index (χ0) is 34.5. The first kappa shape index (κ1) is 33.0. The Bertz CT molecular complexity index is 2270. The van der Waals surface area contributed by atoms with Gasteiger partial charge < -0.3 is 0 Å². The van der Waals surface area contributed by atoms with Crippen LogP contribution in [0.25, 0.3) is 38.4 Å². The summed E-state index contributed by atoms with van der Waals surface area (Å²) in [6.07, 6.45) is 20.6. The van der Waals surface area contributed by atoms with Crippen LogP contribution in [-0.4, -0.2) is 13.3 Å². The molecule has 1 aliphatic heterocycles. The summed E-state index contributed by atoms with van der Waals surface area (Å²) in [6.45, 7) is 0. The summed E-state index contributed by atoms with van der Waals surface area (Å²) < 4.78 is 1.45. The van der Waals surface area contributed by atoms with Crippen LogP contribution in [0.5, 0.6) is 0 Å². The molecule has 0 radical (unpaired) electrons. The van der Waals surface area contributed by atoms with Gasteiger partial charge in [-0.05, 0) is 97.5 Å². The van der Waals surface area contributed by atoms with Gasteiger partial charge in [0.05, 0.1) is 0 Å². The van der Waals surface area contributed by atoms with Gasteiger partial charge in [0.1, 0.15) is 0 Å². The van der Waals surface area contributed by atoms with Crippen molar-refractivity contribution in [1.29, 1.82) is 0 Å². The molecule has 0 bridgehead atoms. The van der Waals surface area contributed by atoms with Crippen molar-refractivity contribution < 1.29 is 0 Å². The van der Waals surface area contributed by atoms with E-state index in [0.717, 1.165) is 24.0 Å². The molecule has 0 N–H and O–H groups in total. The second-order valence-electron chi connectivity index (χ2n) is 15.9. The van der Waals surface area contributed by atoms with Crippen LogP contribution in [0.15, 0.2) is 126 Å². The molecule has 3 unspecified atom stereocenters. The Morgan fingerprint density at radius 3 is 2.06 bits per heavy atom. The minimum Gasteiger partial charge on any atom is -0.135 e. The van der Waals surface area contributed by atoms with Crippen LogP contribution in [0, 0.1) is 0 Å². The first-order chi connectivity index (χ1) is 25.8. The molecule has 260 valence electrons. The van der Waals surface area contributed by atoms with E-state index in [2.05, 4.69) is 139 Å². The molecule has 6 aromatic rings. The second-order valence-corrected chi connectivity index (χ2v) is 22.3. The van der Waals surface area contributed by atoms with E-state index in [-0.39, 0.29) is 0 Å². The van der Waals surface area contributed by atoms with E-state index in [1.807, 2.05) is 11.3 Å². The molecular formula is C49H48S2Si. The number of hydrogen-bond donors (Lipinski definition) is 0. The van der Waals surface area contributed by atoms with E-state index in [4.69, 9.17) is 0 Å². The number of allylic oxidation sites excluding steroid dienone is 1. The van der Waals surface area contributed by atoms with E-state index in [9.17, 15) is 0 Å². The normalized spacial score (nSPS) is 21.2. The fraction of sp³-hybridized carbons (Fsp3) is 0.306. The van der Waals surface area contributed by atoms with Crippen LogP contribution in [0.3, 0.4) is 0 Å². The molecule has 1 aromatic heterocycles. The van der Waals surface area contributed by atoms with Gasteiger partial charge in [0.15, 0.2) is 8.07 Å². The highest BCUT2D eigenvalue weighted by Gasteiger charge is 2.47. The van der Waals surface area contributed by atoms with Gasteiger partial charge >= 0.3 is 0 Å². The van der Waals surface area contributed by atoms with E-state index in [0.29, 0.717) is 5.54 Å². The Labute approximate surface area is 319 Å². The predicted octanol–water partition coefficient (Wildman–Crippen LogP) is 12.5. The van der Waals surface area contributed by atoms with Gasteiger partial charge in [-0.1, -0.05) is 173 Å². The van der Waals surface area contributed by atoms with Gasteiger partial charge in [-0.2, -0.15) is 0 Å². The van der Waals surface area contributed by atoms with Crippen molar-refractivity contribution in [3.05, 3.63) is 137 Å². The Hall–Kier alpha value is -3.63. The topological polar surface area (TPSA) is 0 Å². The van der Waals surface area contributed by atoms with Gasteiger partial charge in [-0.15, -0.1) is 23.1 Å². The Morgan fingerprint density at radius 2 is 1.25 bits per heavy atom. The highest BCUT2D eigenvalue weighted by Crippen LogP contribution is 2.54. The quantitative estimate of drug-likeness (QED) is 0.122. The van der Waals surface area contributed by atoms with Crippen LogP contribution in [0.1, 0.15) is 92.6 Å². The van der Waals surface area contributed by atoms with Crippen LogP contribution >= 0.6 is 23.1 Å². The SMILES string of the molecule is C1=Cc2sc3c(-c4cccc([Si](c5ccccc5)(c5cccc(-c6cccc7c6SC6CCCCCC76)c5)C5CCCCC5)c4)cccc3c2CC1.